The lowest BCUT2D eigenvalue weighted by atomic mass is 9.96. The summed E-state index contributed by atoms with van der Waals surface area (Å²) < 4.78 is 4.45. The van der Waals surface area contributed by atoms with Gasteiger partial charge in [-0.3, -0.25) is 4.79 Å². The topological polar surface area (TPSA) is 58.1 Å². The lowest BCUT2D eigenvalue weighted by molar-refractivity contribution is 0.0718. The average Bonchev–Trinajstić information content (AvgIpc) is 3.04. The van der Waals surface area contributed by atoms with Crippen LogP contribution in [0.2, 0.25) is 0 Å². The van der Waals surface area contributed by atoms with Gasteiger partial charge < -0.3 is 10.2 Å². The third kappa shape index (κ3) is 4.37. The number of amides is 1. The minimum absolute atomic E-state index is 0.0275. The second-order valence-electron chi connectivity index (χ2n) is 7.75. The van der Waals surface area contributed by atoms with Gasteiger partial charge in [-0.25, -0.2) is 4.98 Å². The number of aromatic nitrogens is 2. The summed E-state index contributed by atoms with van der Waals surface area (Å²) in [5, 5.41) is 4.37. The van der Waals surface area contributed by atoms with Crippen LogP contribution in [0.5, 0.6) is 0 Å². The highest BCUT2D eigenvalue weighted by Gasteiger charge is 2.25. The Hall–Kier alpha value is -1.95. The summed E-state index contributed by atoms with van der Waals surface area (Å²) in [4.78, 5) is 19.1. The molecule has 1 aromatic heterocycles. The number of likely N-dealkylation sites (tertiary alicyclic amines) is 1. The summed E-state index contributed by atoms with van der Waals surface area (Å²) in [5.41, 5.74) is 1.92. The van der Waals surface area contributed by atoms with Crippen molar-refractivity contribution in [3.63, 3.8) is 0 Å². The number of aryl methyl sites for hydroxylation is 1. The van der Waals surface area contributed by atoms with E-state index in [2.05, 4.69) is 35.4 Å². The van der Waals surface area contributed by atoms with E-state index in [-0.39, 0.29) is 11.3 Å². The van der Waals surface area contributed by atoms with Crippen molar-refractivity contribution in [3.05, 3.63) is 41.2 Å². The van der Waals surface area contributed by atoms with E-state index in [0.717, 1.165) is 42.5 Å². The second-order valence-corrected chi connectivity index (χ2v) is 8.50. The Morgan fingerprint density at radius 1 is 1.20 bits per heavy atom. The highest BCUT2D eigenvalue weighted by Crippen LogP contribution is 2.25. The van der Waals surface area contributed by atoms with Gasteiger partial charge in [-0.05, 0) is 31.9 Å². The lowest BCUT2D eigenvalue weighted by Gasteiger charge is -2.32. The molecule has 1 fully saturated rings. The number of hydrogen-bond acceptors (Lipinski definition) is 5. The molecule has 1 saturated heterocycles. The van der Waals surface area contributed by atoms with Crippen molar-refractivity contribution in [2.75, 3.05) is 18.4 Å². The Kier molecular flexibility index (Phi) is 5.08. The van der Waals surface area contributed by atoms with Gasteiger partial charge in [0.15, 0.2) is 0 Å². The van der Waals surface area contributed by atoms with Crippen LogP contribution in [0.25, 0.3) is 0 Å². The average molecular weight is 359 g/mol. The minimum atomic E-state index is -0.0275. The van der Waals surface area contributed by atoms with E-state index in [1.807, 2.05) is 36.1 Å². The second kappa shape index (κ2) is 7.12. The molecule has 3 rings (SSSR count). The van der Waals surface area contributed by atoms with Gasteiger partial charge in [0.2, 0.25) is 5.13 Å². The number of nitrogens with zero attached hydrogens (tertiary/aromatic N) is 3. The molecular formula is C19H26N4OS. The molecule has 1 amide bonds. The van der Waals surface area contributed by atoms with Crippen molar-refractivity contribution in [2.45, 2.75) is 52.0 Å². The molecule has 0 spiro atoms. The van der Waals surface area contributed by atoms with Crippen molar-refractivity contribution < 1.29 is 4.79 Å². The molecule has 0 saturated carbocycles. The van der Waals surface area contributed by atoms with Gasteiger partial charge in [0.25, 0.3) is 5.91 Å². The first-order valence-corrected chi connectivity index (χ1v) is 9.57. The summed E-state index contributed by atoms with van der Waals surface area (Å²) in [6.45, 7) is 9.94. The molecule has 5 nitrogen and oxygen atoms in total. The largest absolute Gasteiger partial charge is 0.357 e. The molecule has 25 heavy (non-hydrogen) atoms. The first-order valence-electron chi connectivity index (χ1n) is 8.79. The van der Waals surface area contributed by atoms with E-state index in [1.165, 1.54) is 17.1 Å². The van der Waals surface area contributed by atoms with Gasteiger partial charge >= 0.3 is 0 Å². The Bertz CT molecular complexity index is 725. The predicted octanol–water partition coefficient (Wildman–Crippen LogP) is 3.86. The van der Waals surface area contributed by atoms with E-state index < -0.39 is 0 Å². The van der Waals surface area contributed by atoms with Crippen molar-refractivity contribution in [3.8, 4) is 0 Å². The number of rotatable bonds is 3. The maximum atomic E-state index is 12.6. The summed E-state index contributed by atoms with van der Waals surface area (Å²) in [5.74, 6) is 1.01. The Balaban J connectivity index is 1.54. The van der Waals surface area contributed by atoms with E-state index in [0.29, 0.717) is 6.04 Å². The maximum absolute atomic E-state index is 12.6. The minimum Gasteiger partial charge on any atom is -0.357 e. The molecule has 0 atom stereocenters. The van der Waals surface area contributed by atoms with E-state index in [9.17, 15) is 4.79 Å². The number of benzene rings is 1. The molecule has 1 aromatic carbocycles. The van der Waals surface area contributed by atoms with E-state index in [4.69, 9.17) is 0 Å². The standard InChI is InChI=1S/C19H26N4OS/c1-13-5-7-14(8-6-13)16(24)23-11-9-15(10-12-23)20-18-21-17(22-25-18)19(2,3)4/h5-8,15H,9-12H2,1-4H3,(H,20,21,22). The summed E-state index contributed by atoms with van der Waals surface area (Å²) >= 11 is 1.42. The normalized spacial score (nSPS) is 16.1. The maximum Gasteiger partial charge on any atom is 0.253 e. The number of hydrogen-bond donors (Lipinski definition) is 1. The van der Waals surface area contributed by atoms with Crippen LogP contribution in [-0.2, 0) is 5.41 Å². The Morgan fingerprint density at radius 2 is 1.84 bits per heavy atom. The zero-order chi connectivity index (χ0) is 18.0. The van der Waals surface area contributed by atoms with Crippen molar-refractivity contribution in [1.82, 2.24) is 14.3 Å². The Morgan fingerprint density at radius 3 is 2.40 bits per heavy atom. The Labute approximate surface area is 153 Å². The lowest BCUT2D eigenvalue weighted by Crippen LogP contribution is -2.42. The summed E-state index contributed by atoms with van der Waals surface area (Å²) in [6.07, 6.45) is 1.87. The number of piperidine rings is 1. The number of anilines is 1. The fraction of sp³-hybridized carbons (Fsp3) is 0.526. The van der Waals surface area contributed by atoms with Crippen LogP contribution in [0.4, 0.5) is 5.13 Å². The number of carbonyl (C=O) groups is 1. The third-order valence-corrected chi connectivity index (χ3v) is 5.15. The van der Waals surface area contributed by atoms with Crippen LogP contribution in [0, 0.1) is 6.92 Å². The molecular weight excluding hydrogens is 332 g/mol. The molecule has 1 N–H and O–H groups in total. The van der Waals surface area contributed by atoms with Crippen molar-refractivity contribution in [2.24, 2.45) is 0 Å². The first-order chi connectivity index (χ1) is 11.8. The molecule has 0 unspecified atom stereocenters. The van der Waals surface area contributed by atoms with Crippen LogP contribution in [0.3, 0.4) is 0 Å². The van der Waals surface area contributed by atoms with Crippen LogP contribution >= 0.6 is 11.5 Å². The molecule has 0 aliphatic carbocycles. The van der Waals surface area contributed by atoms with Gasteiger partial charge in [0.1, 0.15) is 5.82 Å². The molecule has 134 valence electrons. The first kappa shape index (κ1) is 17.9. The molecule has 0 bridgehead atoms. The summed E-state index contributed by atoms with van der Waals surface area (Å²) in [7, 11) is 0. The van der Waals surface area contributed by atoms with Crippen LogP contribution < -0.4 is 5.32 Å². The molecule has 1 aliphatic heterocycles. The number of carbonyl (C=O) groups excluding carboxylic acids is 1. The van der Waals surface area contributed by atoms with Crippen LogP contribution in [0.1, 0.15) is 55.4 Å². The van der Waals surface area contributed by atoms with E-state index >= 15 is 0 Å². The van der Waals surface area contributed by atoms with Gasteiger partial charge in [-0.15, -0.1) is 0 Å². The fourth-order valence-corrected chi connectivity index (χ4v) is 3.70. The molecule has 0 radical (unpaired) electrons. The fourth-order valence-electron chi connectivity index (χ4n) is 2.87. The summed E-state index contributed by atoms with van der Waals surface area (Å²) in [6, 6.07) is 8.16. The van der Waals surface area contributed by atoms with Gasteiger partial charge in [0, 0.05) is 41.6 Å². The van der Waals surface area contributed by atoms with Crippen molar-refractivity contribution >= 4 is 22.6 Å². The SMILES string of the molecule is Cc1ccc(C(=O)N2CCC(Nc3nc(C(C)(C)C)ns3)CC2)cc1. The van der Waals surface area contributed by atoms with Gasteiger partial charge in [-0.2, -0.15) is 4.37 Å². The molecule has 2 aromatic rings. The quantitative estimate of drug-likeness (QED) is 0.905. The monoisotopic (exact) mass is 358 g/mol. The van der Waals surface area contributed by atoms with Gasteiger partial charge in [0.05, 0.1) is 0 Å². The molecule has 6 heteroatoms. The van der Waals surface area contributed by atoms with Crippen molar-refractivity contribution in [1.29, 1.82) is 0 Å². The zero-order valence-electron chi connectivity index (χ0n) is 15.4. The molecule has 2 heterocycles. The zero-order valence-corrected chi connectivity index (χ0v) is 16.2. The van der Waals surface area contributed by atoms with E-state index in [1.54, 1.807) is 0 Å². The molecule has 1 aliphatic rings. The van der Waals surface area contributed by atoms with Crippen LogP contribution in [-0.4, -0.2) is 39.3 Å². The highest BCUT2D eigenvalue weighted by atomic mass is 32.1. The number of nitrogens with one attached hydrogen (secondary N) is 1. The van der Waals surface area contributed by atoms with Gasteiger partial charge in [-0.1, -0.05) is 38.5 Å². The van der Waals surface area contributed by atoms with Crippen LogP contribution in [0.15, 0.2) is 24.3 Å². The predicted molar refractivity (Wildman–Crippen MR) is 102 cm³/mol. The smallest absolute Gasteiger partial charge is 0.253 e. The highest BCUT2D eigenvalue weighted by molar-refractivity contribution is 7.09. The third-order valence-electron chi connectivity index (χ3n) is 4.51.